The number of ketones is 1. The minimum Gasteiger partial charge on any atom is -0.497 e. The van der Waals surface area contributed by atoms with Gasteiger partial charge in [-0.1, -0.05) is 144 Å². The Labute approximate surface area is 375 Å². The number of carbonyl (C=O) groups is 3. The van der Waals surface area contributed by atoms with Gasteiger partial charge < -0.3 is 19.3 Å². The van der Waals surface area contributed by atoms with Gasteiger partial charge in [-0.25, -0.2) is 9.59 Å². The van der Waals surface area contributed by atoms with E-state index in [-0.39, 0.29) is 40.1 Å². The second-order valence-corrected chi connectivity index (χ2v) is 20.7. The molecule has 4 aliphatic rings. The van der Waals surface area contributed by atoms with E-state index in [2.05, 4.69) is 53.7 Å². The van der Waals surface area contributed by atoms with E-state index in [9.17, 15) is 19.5 Å². The van der Waals surface area contributed by atoms with E-state index in [1.54, 1.807) is 26.0 Å². The molecule has 0 saturated heterocycles. The van der Waals surface area contributed by atoms with Crippen molar-refractivity contribution >= 4 is 35.9 Å². The summed E-state index contributed by atoms with van der Waals surface area (Å²) in [5.74, 6) is -0.449. The predicted octanol–water partition coefficient (Wildman–Crippen LogP) is 12.0. The van der Waals surface area contributed by atoms with Gasteiger partial charge in [0.1, 0.15) is 18.0 Å². The Morgan fingerprint density at radius 3 is 1.86 bits per heavy atom. The molecule has 9 atom stereocenters. The molecule has 7 rings (SSSR count). The van der Waals surface area contributed by atoms with E-state index in [0.29, 0.717) is 18.6 Å². The second kappa shape index (κ2) is 18.2. The molecule has 0 unspecified atom stereocenters. The molecule has 0 amide bonds. The number of allylic oxidation sites excluding steroid dienone is 1. The molecule has 7 heteroatoms. The number of fused-ring (bicyclic) bond motifs is 5. The summed E-state index contributed by atoms with van der Waals surface area (Å²) >= 11 is 0. The van der Waals surface area contributed by atoms with E-state index >= 15 is 0 Å². The van der Waals surface area contributed by atoms with Gasteiger partial charge in [0, 0.05) is 36.3 Å². The Balaban J connectivity index is 1.24. The number of esters is 2. The lowest BCUT2D eigenvalue weighted by molar-refractivity contribution is -0.209. The maximum Gasteiger partial charge on any atom is 0.331 e. The smallest absolute Gasteiger partial charge is 0.331 e. The third-order valence-corrected chi connectivity index (χ3v) is 16.1. The highest BCUT2D eigenvalue weighted by molar-refractivity contribution is 5.88. The molecular formula is C56H68O7. The fourth-order valence-electron chi connectivity index (χ4n) is 12.8. The first-order valence-electron chi connectivity index (χ1n) is 23.1. The lowest BCUT2D eigenvalue weighted by Crippen LogP contribution is -2.65. The zero-order valence-electron chi connectivity index (χ0n) is 38.6. The molecular weight excluding hydrogens is 785 g/mol. The van der Waals surface area contributed by atoms with Crippen molar-refractivity contribution in [2.45, 2.75) is 131 Å². The summed E-state index contributed by atoms with van der Waals surface area (Å²) in [5, 5.41) is 11.7. The number of carbonyl (C=O) groups excluding carboxylic acids is 3. The number of benzene rings is 3. The molecule has 63 heavy (non-hydrogen) atoms. The van der Waals surface area contributed by atoms with Crippen LogP contribution in [0.4, 0.5) is 0 Å². The van der Waals surface area contributed by atoms with Crippen LogP contribution in [-0.2, 0) is 28.6 Å². The lowest BCUT2D eigenvalue weighted by atomic mass is 9.36. The van der Waals surface area contributed by atoms with Crippen LogP contribution in [0.5, 0.6) is 0 Å². The molecule has 0 heterocycles. The summed E-state index contributed by atoms with van der Waals surface area (Å²) in [6, 6.07) is 29.2. The molecule has 0 bridgehead atoms. The van der Waals surface area contributed by atoms with Crippen molar-refractivity contribution in [3.05, 3.63) is 137 Å². The van der Waals surface area contributed by atoms with Crippen LogP contribution in [-0.4, -0.2) is 46.7 Å². The third-order valence-electron chi connectivity index (χ3n) is 16.1. The van der Waals surface area contributed by atoms with E-state index in [1.165, 1.54) is 23.3 Å². The number of ether oxygens (including phenoxy) is 3. The van der Waals surface area contributed by atoms with Crippen molar-refractivity contribution in [2.75, 3.05) is 0 Å². The Hall–Kier alpha value is -5.01. The van der Waals surface area contributed by atoms with Crippen molar-refractivity contribution in [3.8, 4) is 0 Å². The predicted molar refractivity (Wildman–Crippen MR) is 251 cm³/mol. The highest BCUT2D eigenvalue weighted by atomic mass is 16.6. The third kappa shape index (κ3) is 9.32. The minimum absolute atomic E-state index is 0.0834. The fourth-order valence-corrected chi connectivity index (χ4v) is 12.8. The van der Waals surface area contributed by atoms with Gasteiger partial charge in [-0.15, -0.1) is 0 Å². The molecule has 0 spiro atoms. The molecule has 334 valence electrons. The highest BCUT2D eigenvalue weighted by Gasteiger charge is 2.69. The Kier molecular flexibility index (Phi) is 13.3. The first-order chi connectivity index (χ1) is 29.9. The Morgan fingerprint density at radius 1 is 0.762 bits per heavy atom. The summed E-state index contributed by atoms with van der Waals surface area (Å²) in [5.41, 5.74) is 3.22. The molecule has 4 aliphatic carbocycles. The van der Waals surface area contributed by atoms with Gasteiger partial charge >= 0.3 is 11.9 Å². The van der Waals surface area contributed by atoms with Crippen LogP contribution in [0.15, 0.2) is 121 Å². The van der Waals surface area contributed by atoms with Crippen molar-refractivity contribution in [2.24, 2.45) is 39.4 Å². The van der Waals surface area contributed by atoms with Crippen LogP contribution >= 0.6 is 0 Å². The first kappa shape index (κ1) is 46.0. The maximum absolute atomic E-state index is 13.7. The maximum atomic E-state index is 13.7. The van der Waals surface area contributed by atoms with Gasteiger partial charge in [-0.05, 0) is 115 Å². The van der Waals surface area contributed by atoms with Crippen LogP contribution < -0.4 is 0 Å². The highest BCUT2D eigenvalue weighted by Crippen LogP contribution is 2.74. The molecule has 0 aromatic heterocycles. The van der Waals surface area contributed by atoms with Gasteiger partial charge in [0.25, 0.3) is 0 Å². The van der Waals surface area contributed by atoms with Crippen LogP contribution in [0.3, 0.4) is 0 Å². The van der Waals surface area contributed by atoms with E-state index in [0.717, 1.165) is 55.2 Å². The fraction of sp³-hybridized carbons (Fsp3) is 0.482. The van der Waals surface area contributed by atoms with Crippen molar-refractivity contribution in [3.63, 3.8) is 0 Å². The number of rotatable bonds is 14. The van der Waals surface area contributed by atoms with Crippen LogP contribution in [0.25, 0.3) is 18.2 Å². The molecule has 0 radical (unpaired) electrons. The SMILES string of the molecule is C[C@H](C[C@H](OC(=O)/C=C/c1ccccc1)[C@@H](OC(=O)/C=C/c1ccccc1)C(C)(C)O)C1=C2C[C@H](O/C=C/c3ccccc3)[C@H]3[C@@]4(C)CCC(=O)C(C)(C)[C@@H]4CC[C@]3(C)[C@@]2(C)CC1. The van der Waals surface area contributed by atoms with E-state index < -0.39 is 35.2 Å². The average Bonchev–Trinajstić information content (AvgIpc) is 3.60. The van der Waals surface area contributed by atoms with Crippen LogP contribution in [0.1, 0.15) is 123 Å². The largest absolute Gasteiger partial charge is 0.497 e. The second-order valence-electron chi connectivity index (χ2n) is 20.7. The average molecular weight is 853 g/mol. The molecule has 3 fully saturated rings. The van der Waals surface area contributed by atoms with E-state index in [4.69, 9.17) is 14.2 Å². The van der Waals surface area contributed by atoms with Crippen molar-refractivity contribution in [1.29, 1.82) is 0 Å². The normalized spacial score (nSPS) is 29.5. The van der Waals surface area contributed by atoms with Gasteiger partial charge in [-0.3, -0.25) is 4.79 Å². The van der Waals surface area contributed by atoms with Crippen molar-refractivity contribution < 1.29 is 33.7 Å². The zero-order chi connectivity index (χ0) is 45.2. The summed E-state index contributed by atoms with van der Waals surface area (Å²) < 4.78 is 19.4. The van der Waals surface area contributed by atoms with E-state index in [1.807, 2.05) is 91.2 Å². The molecule has 0 aliphatic heterocycles. The summed E-state index contributed by atoms with van der Waals surface area (Å²) in [4.78, 5) is 40.7. The standard InChI is InChI=1S/C56H68O7/c1-38(36-45(62-48(58)26-24-39-18-12-9-13-19-39)51(53(4,5)60)63-49(59)27-25-40-20-14-10-15-21-40)42-28-33-55(7)43(42)37-44(61-35-31-41-22-16-11-17-23-41)50-54(6)32-30-47(57)52(2,3)46(54)29-34-56(50,55)8/h9-27,31,35,38,44-46,50-51,60H,28-30,32-34,36-37H2,1-8H3/b26-24+,27-25+,35-31+/t38-,44+,45+,46+,50+,51-,54+,55+,56+/m1/s1. The number of hydrogen-bond donors (Lipinski definition) is 1. The monoisotopic (exact) mass is 852 g/mol. The van der Waals surface area contributed by atoms with Gasteiger partial charge in [0.05, 0.1) is 11.9 Å². The number of aliphatic hydroxyl groups is 1. The van der Waals surface area contributed by atoms with Crippen molar-refractivity contribution in [1.82, 2.24) is 0 Å². The number of hydrogen-bond acceptors (Lipinski definition) is 7. The van der Waals surface area contributed by atoms with Crippen LogP contribution in [0.2, 0.25) is 0 Å². The molecule has 3 aromatic carbocycles. The number of Topliss-reactive ketones (excluding diaryl/α,β-unsaturated/α-hetero) is 1. The topological polar surface area (TPSA) is 99.1 Å². The lowest BCUT2D eigenvalue weighted by Gasteiger charge is -2.69. The van der Waals surface area contributed by atoms with Gasteiger partial charge in [0.2, 0.25) is 0 Å². The Bertz CT molecular complexity index is 2230. The Morgan fingerprint density at radius 2 is 1.30 bits per heavy atom. The van der Waals surface area contributed by atoms with Crippen LogP contribution in [0, 0.1) is 39.4 Å². The summed E-state index contributed by atoms with van der Waals surface area (Å²) in [6.07, 6.45) is 14.2. The molecule has 7 nitrogen and oxygen atoms in total. The minimum atomic E-state index is -1.55. The molecule has 1 N–H and O–H groups in total. The molecule has 3 saturated carbocycles. The van der Waals surface area contributed by atoms with Gasteiger partial charge in [-0.2, -0.15) is 0 Å². The quantitative estimate of drug-likeness (QED) is 0.0746. The summed E-state index contributed by atoms with van der Waals surface area (Å²) in [6.45, 7) is 17.2. The molecule has 3 aromatic rings. The summed E-state index contributed by atoms with van der Waals surface area (Å²) in [7, 11) is 0. The first-order valence-corrected chi connectivity index (χ1v) is 23.1. The zero-order valence-corrected chi connectivity index (χ0v) is 38.6. The van der Waals surface area contributed by atoms with Gasteiger partial charge in [0.15, 0.2) is 6.10 Å².